The van der Waals surface area contributed by atoms with Gasteiger partial charge in [0, 0.05) is 11.1 Å². The molecule has 0 spiro atoms. The zero-order valence-corrected chi connectivity index (χ0v) is 13.5. The van der Waals surface area contributed by atoms with Gasteiger partial charge in [-0.25, -0.2) is 0 Å². The van der Waals surface area contributed by atoms with E-state index in [4.69, 9.17) is 9.15 Å². The van der Waals surface area contributed by atoms with Crippen LogP contribution in [0.4, 0.5) is 0 Å². The molecule has 0 radical (unpaired) electrons. The molecule has 2 heterocycles. The Hall–Kier alpha value is -2.93. The Kier molecular flexibility index (Phi) is 3.42. The van der Waals surface area contributed by atoms with Crippen molar-refractivity contribution in [2.45, 2.75) is 6.42 Å². The number of carboxylic acids is 1. The molecule has 2 aromatic carbocycles. The molecule has 1 N–H and O–H groups in total. The molecule has 0 aliphatic heterocycles. The van der Waals surface area contributed by atoms with Gasteiger partial charge >= 0.3 is 5.97 Å². The first kappa shape index (κ1) is 14.6. The van der Waals surface area contributed by atoms with Gasteiger partial charge in [0.25, 0.3) is 0 Å². The number of rotatable bonds is 4. The van der Waals surface area contributed by atoms with Crippen molar-refractivity contribution in [3.05, 3.63) is 42.0 Å². The van der Waals surface area contributed by atoms with E-state index in [2.05, 4.69) is 8.75 Å². The van der Waals surface area contributed by atoms with Gasteiger partial charge in [0.1, 0.15) is 28.1 Å². The van der Waals surface area contributed by atoms with Gasteiger partial charge in [0.2, 0.25) is 0 Å². The van der Waals surface area contributed by atoms with E-state index in [0.29, 0.717) is 22.4 Å². The predicted molar refractivity (Wildman–Crippen MR) is 90.5 cm³/mol. The van der Waals surface area contributed by atoms with Crippen molar-refractivity contribution in [3.63, 3.8) is 0 Å². The molecule has 0 unspecified atom stereocenters. The Morgan fingerprint density at radius 1 is 1.21 bits per heavy atom. The monoisotopic (exact) mass is 340 g/mol. The molecule has 0 aliphatic carbocycles. The van der Waals surface area contributed by atoms with Crippen molar-refractivity contribution in [1.82, 2.24) is 8.75 Å². The number of benzene rings is 2. The Bertz CT molecular complexity index is 1050. The van der Waals surface area contributed by atoms with E-state index < -0.39 is 5.97 Å². The smallest absolute Gasteiger partial charge is 0.307 e. The third-order valence-electron chi connectivity index (χ3n) is 3.86. The number of carboxylic acid groups (broad SMARTS) is 1. The molecule has 6 nitrogen and oxygen atoms in total. The number of carbonyl (C=O) groups is 1. The Morgan fingerprint density at radius 2 is 2.00 bits per heavy atom. The molecule has 7 heteroatoms. The molecule has 0 atom stereocenters. The summed E-state index contributed by atoms with van der Waals surface area (Å²) in [6, 6.07) is 10.9. The molecule has 2 aromatic heterocycles. The molecule has 0 saturated carbocycles. The van der Waals surface area contributed by atoms with Crippen LogP contribution in [-0.2, 0) is 11.2 Å². The van der Waals surface area contributed by atoms with Gasteiger partial charge in [-0.15, -0.1) is 0 Å². The van der Waals surface area contributed by atoms with Crippen LogP contribution in [0.5, 0.6) is 5.75 Å². The maximum atomic E-state index is 11.4. The van der Waals surface area contributed by atoms with Gasteiger partial charge in [-0.3, -0.25) is 4.79 Å². The fourth-order valence-electron chi connectivity index (χ4n) is 2.79. The van der Waals surface area contributed by atoms with E-state index in [0.717, 1.165) is 33.9 Å². The summed E-state index contributed by atoms with van der Waals surface area (Å²) in [4.78, 5) is 11.4. The van der Waals surface area contributed by atoms with Gasteiger partial charge < -0.3 is 14.3 Å². The van der Waals surface area contributed by atoms with Gasteiger partial charge in [0.15, 0.2) is 0 Å². The van der Waals surface area contributed by atoms with Gasteiger partial charge in [-0.1, -0.05) is 0 Å². The van der Waals surface area contributed by atoms with Crippen LogP contribution in [0.2, 0.25) is 0 Å². The Balaban J connectivity index is 2.01. The van der Waals surface area contributed by atoms with E-state index >= 15 is 0 Å². The lowest BCUT2D eigenvalue weighted by atomic mass is 10.0. The average Bonchev–Trinajstić information content (AvgIpc) is 3.18. The molecule has 24 heavy (non-hydrogen) atoms. The van der Waals surface area contributed by atoms with Gasteiger partial charge in [-0.2, -0.15) is 8.75 Å². The van der Waals surface area contributed by atoms with Gasteiger partial charge in [0.05, 0.1) is 30.6 Å². The summed E-state index contributed by atoms with van der Waals surface area (Å²) in [7, 11) is 1.60. The SMILES string of the molecule is COc1ccc(-c2oc3ccc4nsnc4c3c2CC(=O)O)cc1. The number of fused-ring (bicyclic) bond motifs is 3. The minimum atomic E-state index is -0.923. The normalized spacial score (nSPS) is 11.2. The third kappa shape index (κ3) is 2.30. The summed E-state index contributed by atoms with van der Waals surface area (Å²) in [6.07, 6.45) is -0.148. The first-order chi connectivity index (χ1) is 11.7. The van der Waals surface area contributed by atoms with Crippen LogP contribution in [0, 0.1) is 0 Å². The topological polar surface area (TPSA) is 85.5 Å². The molecule has 120 valence electrons. The number of aliphatic carboxylic acids is 1. The highest BCUT2D eigenvalue weighted by Gasteiger charge is 2.21. The molecule has 0 aliphatic rings. The molecular formula is C17H12N2O4S. The van der Waals surface area contributed by atoms with Crippen LogP contribution in [0.25, 0.3) is 33.3 Å². The van der Waals surface area contributed by atoms with E-state index in [9.17, 15) is 9.90 Å². The molecule has 4 aromatic rings. The zero-order chi connectivity index (χ0) is 16.7. The van der Waals surface area contributed by atoms with Crippen LogP contribution in [0.3, 0.4) is 0 Å². The number of hydrogen-bond acceptors (Lipinski definition) is 6. The number of aromatic nitrogens is 2. The number of ether oxygens (including phenoxy) is 1. The minimum Gasteiger partial charge on any atom is -0.497 e. The van der Waals surface area contributed by atoms with Crippen molar-refractivity contribution in [2.24, 2.45) is 0 Å². The molecule has 4 rings (SSSR count). The molecule has 0 fully saturated rings. The van der Waals surface area contributed by atoms with E-state index in [1.807, 2.05) is 30.3 Å². The second kappa shape index (κ2) is 5.61. The zero-order valence-electron chi connectivity index (χ0n) is 12.6. The van der Waals surface area contributed by atoms with Crippen LogP contribution in [-0.4, -0.2) is 26.9 Å². The van der Waals surface area contributed by atoms with Crippen molar-refractivity contribution in [1.29, 1.82) is 0 Å². The minimum absolute atomic E-state index is 0.148. The lowest BCUT2D eigenvalue weighted by Crippen LogP contribution is -2.00. The number of hydrogen-bond donors (Lipinski definition) is 1. The summed E-state index contributed by atoms with van der Waals surface area (Å²) >= 11 is 1.10. The quantitative estimate of drug-likeness (QED) is 0.609. The predicted octanol–water partition coefficient (Wildman–Crippen LogP) is 3.74. The van der Waals surface area contributed by atoms with E-state index in [1.54, 1.807) is 13.2 Å². The van der Waals surface area contributed by atoms with Crippen molar-refractivity contribution in [3.8, 4) is 17.1 Å². The maximum Gasteiger partial charge on any atom is 0.307 e. The van der Waals surface area contributed by atoms with Crippen LogP contribution in [0.15, 0.2) is 40.8 Å². The second-order valence-corrected chi connectivity index (χ2v) is 5.81. The van der Waals surface area contributed by atoms with Crippen LogP contribution < -0.4 is 4.74 Å². The first-order valence-corrected chi connectivity index (χ1v) is 7.93. The highest BCUT2D eigenvalue weighted by Crippen LogP contribution is 2.38. The standard InChI is InChI=1S/C17H12N2O4S/c1-22-10-4-2-9(3-5-10)17-11(8-14(20)21)15-13(23-17)7-6-12-16(15)19-24-18-12/h2-7H,8H2,1H3,(H,20,21). The van der Waals surface area contributed by atoms with Crippen LogP contribution >= 0.6 is 11.7 Å². The summed E-state index contributed by atoms with van der Waals surface area (Å²) in [6.45, 7) is 0. The largest absolute Gasteiger partial charge is 0.497 e. The fraction of sp³-hybridized carbons (Fsp3) is 0.118. The molecule has 0 bridgehead atoms. The third-order valence-corrected chi connectivity index (χ3v) is 4.40. The van der Waals surface area contributed by atoms with Crippen molar-refractivity contribution in [2.75, 3.05) is 7.11 Å². The molecule has 0 saturated heterocycles. The lowest BCUT2D eigenvalue weighted by molar-refractivity contribution is -0.136. The number of furan rings is 1. The van der Waals surface area contributed by atoms with E-state index in [-0.39, 0.29) is 6.42 Å². The van der Waals surface area contributed by atoms with Gasteiger partial charge in [-0.05, 0) is 36.4 Å². The maximum absolute atomic E-state index is 11.4. The average molecular weight is 340 g/mol. The summed E-state index contributed by atoms with van der Waals surface area (Å²) in [5, 5.41) is 10.0. The Labute approximate surface area is 140 Å². The lowest BCUT2D eigenvalue weighted by Gasteiger charge is -2.03. The highest BCUT2D eigenvalue weighted by molar-refractivity contribution is 7.00. The van der Waals surface area contributed by atoms with Crippen molar-refractivity contribution >= 4 is 39.7 Å². The summed E-state index contributed by atoms with van der Waals surface area (Å²) in [5.74, 6) is 0.337. The summed E-state index contributed by atoms with van der Waals surface area (Å²) in [5.41, 5.74) is 3.43. The Morgan fingerprint density at radius 3 is 2.71 bits per heavy atom. The highest BCUT2D eigenvalue weighted by atomic mass is 32.1. The first-order valence-electron chi connectivity index (χ1n) is 7.20. The van der Waals surface area contributed by atoms with Crippen LogP contribution in [0.1, 0.15) is 5.56 Å². The number of methoxy groups -OCH3 is 1. The second-order valence-electron chi connectivity index (χ2n) is 5.28. The van der Waals surface area contributed by atoms with E-state index in [1.165, 1.54) is 0 Å². The fourth-order valence-corrected chi connectivity index (χ4v) is 3.33. The molecular weight excluding hydrogens is 328 g/mol. The summed E-state index contributed by atoms with van der Waals surface area (Å²) < 4.78 is 19.7. The number of nitrogens with zero attached hydrogens (tertiary/aromatic N) is 2. The molecule has 0 amide bonds. The van der Waals surface area contributed by atoms with Crippen molar-refractivity contribution < 1.29 is 19.1 Å².